The van der Waals surface area contributed by atoms with Gasteiger partial charge in [0.1, 0.15) is 4.88 Å². The van der Waals surface area contributed by atoms with Crippen molar-refractivity contribution >= 4 is 37.4 Å². The molecule has 3 rings (SSSR count). The van der Waals surface area contributed by atoms with Crippen LogP contribution in [0.2, 0.25) is 0 Å². The van der Waals surface area contributed by atoms with Crippen LogP contribution in [0, 0.1) is 0 Å². The van der Waals surface area contributed by atoms with Gasteiger partial charge in [0, 0.05) is 10.7 Å². The van der Waals surface area contributed by atoms with Gasteiger partial charge in [-0.25, -0.2) is 17.9 Å². The van der Waals surface area contributed by atoms with Gasteiger partial charge >= 0.3 is 5.97 Å². The summed E-state index contributed by atoms with van der Waals surface area (Å²) >= 11 is 1.30. The Labute approximate surface area is 145 Å². The fourth-order valence-corrected chi connectivity index (χ4v) is 5.00. The highest BCUT2D eigenvalue weighted by Crippen LogP contribution is 2.28. The molecule has 0 spiro atoms. The van der Waals surface area contributed by atoms with E-state index in [9.17, 15) is 13.2 Å². The van der Waals surface area contributed by atoms with E-state index >= 15 is 0 Å². The molecule has 0 radical (unpaired) electrons. The molecule has 1 aromatic carbocycles. The lowest BCUT2D eigenvalue weighted by molar-refractivity contribution is 0.0532. The molecule has 1 saturated heterocycles. The van der Waals surface area contributed by atoms with Crippen LogP contribution in [0.1, 0.15) is 29.4 Å². The summed E-state index contributed by atoms with van der Waals surface area (Å²) in [5, 5.41) is 3.94. The maximum Gasteiger partial charge on any atom is 0.348 e. The van der Waals surface area contributed by atoms with Crippen LogP contribution in [0.25, 0.3) is 10.1 Å². The van der Waals surface area contributed by atoms with Crippen molar-refractivity contribution in [1.29, 1.82) is 0 Å². The van der Waals surface area contributed by atoms with Crippen molar-refractivity contribution in [3.8, 4) is 0 Å². The lowest BCUT2D eigenvalue weighted by Gasteiger charge is -2.23. The highest BCUT2D eigenvalue weighted by atomic mass is 32.2. The quantitative estimate of drug-likeness (QED) is 0.790. The van der Waals surface area contributed by atoms with E-state index < -0.39 is 10.0 Å². The molecule has 2 N–H and O–H groups in total. The van der Waals surface area contributed by atoms with Crippen LogP contribution in [-0.2, 0) is 14.8 Å². The molecule has 24 heavy (non-hydrogen) atoms. The molecule has 1 aliphatic rings. The van der Waals surface area contributed by atoms with Gasteiger partial charge in [-0.1, -0.05) is 0 Å². The van der Waals surface area contributed by atoms with Gasteiger partial charge in [0.2, 0.25) is 10.0 Å². The Hall–Kier alpha value is -1.48. The van der Waals surface area contributed by atoms with Crippen LogP contribution in [0.5, 0.6) is 0 Å². The molecular formula is C16H20N2O4S2. The van der Waals surface area contributed by atoms with E-state index in [1.807, 2.05) is 0 Å². The number of thiophene rings is 1. The minimum Gasteiger partial charge on any atom is -0.462 e. The number of esters is 1. The van der Waals surface area contributed by atoms with Crippen molar-refractivity contribution in [1.82, 2.24) is 10.0 Å². The van der Waals surface area contributed by atoms with Crippen molar-refractivity contribution in [3.63, 3.8) is 0 Å². The minimum atomic E-state index is -3.56. The third-order valence-corrected chi connectivity index (χ3v) is 6.55. The average molecular weight is 368 g/mol. The number of sulfonamides is 1. The Morgan fingerprint density at radius 2 is 2.08 bits per heavy atom. The SMILES string of the molecule is CCOC(=O)c1cc2cc(S(=O)(=O)NC3CCNCC3)ccc2s1. The Bertz CT molecular complexity index is 839. The molecule has 0 unspecified atom stereocenters. The highest BCUT2D eigenvalue weighted by molar-refractivity contribution is 7.89. The van der Waals surface area contributed by atoms with Gasteiger partial charge in [0.05, 0.1) is 11.5 Å². The predicted octanol–water partition coefficient (Wildman–Crippen LogP) is 2.11. The number of nitrogens with one attached hydrogen (secondary N) is 2. The average Bonchev–Trinajstić information content (AvgIpc) is 2.99. The van der Waals surface area contributed by atoms with E-state index in [0.29, 0.717) is 11.5 Å². The number of hydrogen-bond donors (Lipinski definition) is 2. The maximum absolute atomic E-state index is 12.6. The van der Waals surface area contributed by atoms with Crippen molar-refractivity contribution in [2.45, 2.75) is 30.7 Å². The minimum absolute atomic E-state index is 0.0375. The predicted molar refractivity (Wildman–Crippen MR) is 94.0 cm³/mol. The fraction of sp³-hybridized carbons (Fsp3) is 0.438. The molecule has 0 atom stereocenters. The third-order valence-electron chi connectivity index (χ3n) is 3.94. The smallest absolute Gasteiger partial charge is 0.348 e. The summed E-state index contributed by atoms with van der Waals surface area (Å²) in [5.41, 5.74) is 0. The molecule has 0 aliphatic carbocycles. The second kappa shape index (κ2) is 7.18. The third kappa shape index (κ3) is 3.77. The summed E-state index contributed by atoms with van der Waals surface area (Å²) in [5.74, 6) is -0.379. The lowest BCUT2D eigenvalue weighted by Crippen LogP contribution is -2.42. The molecule has 0 amide bonds. The molecule has 1 aliphatic heterocycles. The van der Waals surface area contributed by atoms with Crippen molar-refractivity contribution in [3.05, 3.63) is 29.1 Å². The number of fused-ring (bicyclic) bond motifs is 1. The van der Waals surface area contributed by atoms with Gasteiger partial charge in [0.15, 0.2) is 0 Å². The molecule has 6 nitrogen and oxygen atoms in total. The van der Waals surface area contributed by atoms with E-state index in [0.717, 1.165) is 36.0 Å². The van der Waals surface area contributed by atoms with Gasteiger partial charge in [-0.05, 0) is 62.5 Å². The first kappa shape index (κ1) is 17.3. The lowest BCUT2D eigenvalue weighted by atomic mass is 10.1. The molecule has 1 fully saturated rings. The van der Waals surface area contributed by atoms with Crippen LogP contribution in [0.3, 0.4) is 0 Å². The fourth-order valence-electron chi connectivity index (χ4n) is 2.72. The Kier molecular flexibility index (Phi) is 5.19. The zero-order valence-corrected chi connectivity index (χ0v) is 15.0. The number of carbonyl (C=O) groups is 1. The number of carbonyl (C=O) groups excluding carboxylic acids is 1. The zero-order valence-electron chi connectivity index (χ0n) is 13.4. The highest BCUT2D eigenvalue weighted by Gasteiger charge is 2.22. The van der Waals surface area contributed by atoms with Gasteiger partial charge in [0.25, 0.3) is 0 Å². The van der Waals surface area contributed by atoms with Crippen LogP contribution in [0.15, 0.2) is 29.2 Å². The summed E-state index contributed by atoms with van der Waals surface area (Å²) in [7, 11) is -3.56. The first-order valence-electron chi connectivity index (χ1n) is 7.93. The van der Waals surface area contributed by atoms with Crippen molar-refractivity contribution in [2.24, 2.45) is 0 Å². The number of rotatable bonds is 5. The van der Waals surface area contributed by atoms with Crippen LogP contribution >= 0.6 is 11.3 Å². The Balaban J connectivity index is 1.85. The van der Waals surface area contributed by atoms with Gasteiger partial charge in [-0.2, -0.15) is 0 Å². The van der Waals surface area contributed by atoms with E-state index in [1.54, 1.807) is 31.2 Å². The topological polar surface area (TPSA) is 84.5 Å². The Morgan fingerprint density at radius 3 is 2.79 bits per heavy atom. The largest absolute Gasteiger partial charge is 0.462 e. The summed E-state index contributed by atoms with van der Waals surface area (Å²) < 4.78 is 33.8. The number of hydrogen-bond acceptors (Lipinski definition) is 6. The van der Waals surface area contributed by atoms with Gasteiger partial charge in [-0.3, -0.25) is 0 Å². The molecule has 8 heteroatoms. The second-order valence-electron chi connectivity index (χ2n) is 5.68. The van der Waals surface area contributed by atoms with Gasteiger partial charge < -0.3 is 10.1 Å². The molecule has 0 bridgehead atoms. The Morgan fingerprint density at radius 1 is 1.33 bits per heavy atom. The molecule has 2 aromatic rings. The molecule has 130 valence electrons. The van der Waals surface area contributed by atoms with Crippen LogP contribution in [0.4, 0.5) is 0 Å². The number of benzene rings is 1. The van der Waals surface area contributed by atoms with E-state index in [-0.39, 0.29) is 16.9 Å². The molecule has 0 saturated carbocycles. The monoisotopic (exact) mass is 368 g/mol. The zero-order chi connectivity index (χ0) is 17.2. The summed E-state index contributed by atoms with van der Waals surface area (Å²) in [6.45, 7) is 3.70. The summed E-state index contributed by atoms with van der Waals surface area (Å²) in [6, 6.07) is 6.57. The first-order valence-corrected chi connectivity index (χ1v) is 10.2. The molecule has 1 aromatic heterocycles. The molecule has 2 heterocycles. The van der Waals surface area contributed by atoms with Crippen LogP contribution < -0.4 is 10.0 Å². The molecular weight excluding hydrogens is 348 g/mol. The second-order valence-corrected chi connectivity index (χ2v) is 8.47. The van der Waals surface area contributed by atoms with E-state index in [1.165, 1.54) is 11.3 Å². The van der Waals surface area contributed by atoms with Crippen molar-refractivity contribution < 1.29 is 17.9 Å². The first-order chi connectivity index (χ1) is 11.5. The van der Waals surface area contributed by atoms with E-state index in [4.69, 9.17) is 4.74 Å². The van der Waals surface area contributed by atoms with Gasteiger partial charge in [-0.15, -0.1) is 11.3 Å². The maximum atomic E-state index is 12.6. The van der Waals surface area contributed by atoms with Crippen LogP contribution in [-0.4, -0.2) is 40.1 Å². The number of ether oxygens (including phenoxy) is 1. The summed E-state index contributed by atoms with van der Waals surface area (Å²) in [4.78, 5) is 12.5. The standard InChI is InChI=1S/C16H20N2O4S2/c1-2-22-16(19)15-10-11-9-13(3-4-14(11)23-15)24(20,21)18-12-5-7-17-8-6-12/h3-4,9-10,12,17-18H,2,5-8H2,1H3. The number of piperidine rings is 1. The summed E-state index contributed by atoms with van der Waals surface area (Å²) in [6.07, 6.45) is 1.57. The normalized spacial score (nSPS) is 16.4. The van der Waals surface area contributed by atoms with E-state index in [2.05, 4.69) is 10.0 Å². The van der Waals surface area contributed by atoms with Crippen molar-refractivity contribution in [2.75, 3.05) is 19.7 Å².